The fourth-order valence-electron chi connectivity index (χ4n) is 2.58. The van der Waals surface area contributed by atoms with Gasteiger partial charge in [0.2, 0.25) is 0 Å². The quantitative estimate of drug-likeness (QED) is 0.720. The topological polar surface area (TPSA) is 12.0 Å². The second kappa shape index (κ2) is 7.86. The van der Waals surface area contributed by atoms with E-state index in [9.17, 15) is 0 Å². The summed E-state index contributed by atoms with van der Waals surface area (Å²) in [6.45, 7) is 4.50. The fraction of sp³-hybridized carbons (Fsp3) is 0.368. The smallest absolute Gasteiger partial charge is 0.0325 e. The van der Waals surface area contributed by atoms with E-state index in [1.54, 1.807) is 0 Å². The zero-order chi connectivity index (χ0) is 14.2. The molecular formula is C19H25N. The Balaban J connectivity index is 2.08. The van der Waals surface area contributed by atoms with Crippen LogP contribution in [0.15, 0.2) is 60.7 Å². The maximum Gasteiger partial charge on any atom is 0.0325 e. The molecule has 0 saturated carbocycles. The molecule has 0 radical (unpaired) electrons. The highest BCUT2D eigenvalue weighted by Gasteiger charge is 2.14. The van der Waals surface area contributed by atoms with Crippen molar-refractivity contribution in [1.82, 2.24) is 5.32 Å². The summed E-state index contributed by atoms with van der Waals surface area (Å²) < 4.78 is 0. The summed E-state index contributed by atoms with van der Waals surface area (Å²) in [6.07, 6.45) is 3.69. The predicted molar refractivity (Wildman–Crippen MR) is 86.7 cm³/mol. The van der Waals surface area contributed by atoms with Crippen LogP contribution in [0.5, 0.6) is 0 Å². The molecule has 0 aliphatic carbocycles. The van der Waals surface area contributed by atoms with Gasteiger partial charge in [0.1, 0.15) is 0 Å². The van der Waals surface area contributed by atoms with E-state index in [0.717, 1.165) is 0 Å². The Labute approximate surface area is 123 Å². The van der Waals surface area contributed by atoms with Gasteiger partial charge in [-0.15, -0.1) is 0 Å². The first kappa shape index (κ1) is 14.8. The highest BCUT2D eigenvalue weighted by Crippen LogP contribution is 2.23. The zero-order valence-electron chi connectivity index (χ0n) is 12.5. The van der Waals surface area contributed by atoms with Gasteiger partial charge in [0.25, 0.3) is 0 Å². The van der Waals surface area contributed by atoms with Crippen LogP contribution in [0.3, 0.4) is 0 Å². The van der Waals surface area contributed by atoms with Crippen molar-refractivity contribution in [2.45, 2.75) is 45.2 Å². The van der Waals surface area contributed by atoms with Gasteiger partial charge >= 0.3 is 0 Å². The van der Waals surface area contributed by atoms with Crippen LogP contribution in [0, 0.1) is 0 Å². The van der Waals surface area contributed by atoms with E-state index in [4.69, 9.17) is 0 Å². The summed E-state index contributed by atoms with van der Waals surface area (Å²) in [5.74, 6) is 0. The molecule has 1 nitrogen and oxygen atoms in total. The van der Waals surface area contributed by atoms with Crippen LogP contribution in [0.25, 0.3) is 0 Å². The van der Waals surface area contributed by atoms with Crippen LogP contribution < -0.4 is 5.32 Å². The van der Waals surface area contributed by atoms with Gasteiger partial charge in [0.15, 0.2) is 0 Å². The minimum absolute atomic E-state index is 0.373. The van der Waals surface area contributed by atoms with Gasteiger partial charge in [-0.05, 0) is 24.5 Å². The zero-order valence-corrected chi connectivity index (χ0v) is 12.5. The standard InChI is InChI=1S/C19H25N/c1-3-4-15-19(18-13-9-6-10-14-18)20-16(2)17-11-7-5-8-12-17/h5-14,16,19-20H,3-4,15H2,1-2H3/t16-,19-/m0/s1. The molecule has 0 aromatic heterocycles. The molecule has 0 aliphatic rings. The third kappa shape index (κ3) is 4.21. The molecule has 0 heterocycles. The van der Waals surface area contributed by atoms with Crippen LogP contribution in [0.2, 0.25) is 0 Å². The molecule has 0 saturated heterocycles. The fourth-order valence-corrected chi connectivity index (χ4v) is 2.58. The number of benzene rings is 2. The molecule has 0 bridgehead atoms. The molecule has 1 N–H and O–H groups in total. The van der Waals surface area contributed by atoms with Crippen molar-refractivity contribution in [3.05, 3.63) is 71.8 Å². The lowest BCUT2D eigenvalue weighted by Crippen LogP contribution is -2.24. The summed E-state index contributed by atoms with van der Waals surface area (Å²) in [4.78, 5) is 0. The van der Waals surface area contributed by atoms with Crippen molar-refractivity contribution in [3.63, 3.8) is 0 Å². The lowest BCUT2D eigenvalue weighted by atomic mass is 9.99. The monoisotopic (exact) mass is 267 g/mol. The van der Waals surface area contributed by atoms with Gasteiger partial charge in [-0.2, -0.15) is 0 Å². The average Bonchev–Trinajstić information content (AvgIpc) is 2.53. The van der Waals surface area contributed by atoms with Crippen LogP contribution >= 0.6 is 0 Å². The lowest BCUT2D eigenvalue weighted by Gasteiger charge is -2.24. The van der Waals surface area contributed by atoms with E-state index < -0.39 is 0 Å². The maximum absolute atomic E-state index is 3.78. The van der Waals surface area contributed by atoms with Crippen molar-refractivity contribution < 1.29 is 0 Å². The van der Waals surface area contributed by atoms with E-state index in [2.05, 4.69) is 79.8 Å². The summed E-state index contributed by atoms with van der Waals surface area (Å²) in [7, 11) is 0. The molecule has 20 heavy (non-hydrogen) atoms. The summed E-state index contributed by atoms with van der Waals surface area (Å²) >= 11 is 0. The van der Waals surface area contributed by atoms with Gasteiger partial charge in [-0.3, -0.25) is 0 Å². The maximum atomic E-state index is 3.78. The highest BCUT2D eigenvalue weighted by atomic mass is 14.9. The Morgan fingerprint density at radius 3 is 1.95 bits per heavy atom. The van der Waals surface area contributed by atoms with E-state index >= 15 is 0 Å². The Bertz CT molecular complexity index is 478. The minimum Gasteiger partial charge on any atom is -0.303 e. The molecule has 0 fully saturated rings. The first-order chi connectivity index (χ1) is 9.81. The molecule has 2 rings (SSSR count). The number of unbranched alkanes of at least 4 members (excludes halogenated alkanes) is 1. The van der Waals surface area contributed by atoms with Gasteiger partial charge in [-0.25, -0.2) is 0 Å². The van der Waals surface area contributed by atoms with Gasteiger partial charge in [-0.1, -0.05) is 80.4 Å². The highest BCUT2D eigenvalue weighted by molar-refractivity contribution is 5.22. The van der Waals surface area contributed by atoms with Gasteiger partial charge in [0, 0.05) is 12.1 Å². The van der Waals surface area contributed by atoms with Crippen molar-refractivity contribution in [2.75, 3.05) is 0 Å². The summed E-state index contributed by atoms with van der Waals surface area (Å²) in [5, 5.41) is 3.78. The molecule has 2 aromatic carbocycles. The first-order valence-corrected chi connectivity index (χ1v) is 7.67. The Morgan fingerprint density at radius 1 is 0.850 bits per heavy atom. The van der Waals surface area contributed by atoms with Gasteiger partial charge < -0.3 is 5.32 Å². The van der Waals surface area contributed by atoms with E-state index in [-0.39, 0.29) is 0 Å². The number of rotatable bonds is 7. The summed E-state index contributed by atoms with van der Waals surface area (Å²) in [6, 6.07) is 22.3. The van der Waals surface area contributed by atoms with Crippen LogP contribution in [0.4, 0.5) is 0 Å². The van der Waals surface area contributed by atoms with Crippen LogP contribution in [-0.4, -0.2) is 0 Å². The van der Waals surface area contributed by atoms with Crippen molar-refractivity contribution in [3.8, 4) is 0 Å². The molecule has 2 atom stereocenters. The van der Waals surface area contributed by atoms with E-state index in [0.29, 0.717) is 12.1 Å². The summed E-state index contributed by atoms with van der Waals surface area (Å²) in [5.41, 5.74) is 2.74. The Morgan fingerprint density at radius 2 is 1.40 bits per heavy atom. The molecule has 0 amide bonds. The second-order valence-corrected chi connectivity index (χ2v) is 5.40. The predicted octanol–water partition coefficient (Wildman–Crippen LogP) is 5.27. The molecule has 2 aromatic rings. The van der Waals surface area contributed by atoms with E-state index in [1.165, 1.54) is 30.4 Å². The number of nitrogens with one attached hydrogen (secondary N) is 1. The number of hydrogen-bond acceptors (Lipinski definition) is 1. The molecule has 0 aliphatic heterocycles. The minimum atomic E-state index is 0.373. The third-order valence-electron chi connectivity index (χ3n) is 3.80. The number of hydrogen-bond donors (Lipinski definition) is 1. The largest absolute Gasteiger partial charge is 0.303 e. The van der Waals surface area contributed by atoms with Crippen LogP contribution in [-0.2, 0) is 0 Å². The molecular weight excluding hydrogens is 242 g/mol. The first-order valence-electron chi connectivity index (χ1n) is 7.67. The normalized spacial score (nSPS) is 13.9. The molecule has 106 valence electrons. The average molecular weight is 267 g/mol. The second-order valence-electron chi connectivity index (χ2n) is 5.40. The van der Waals surface area contributed by atoms with Crippen molar-refractivity contribution >= 4 is 0 Å². The van der Waals surface area contributed by atoms with Crippen LogP contribution in [0.1, 0.15) is 56.3 Å². The lowest BCUT2D eigenvalue weighted by molar-refractivity contribution is 0.431. The Kier molecular flexibility index (Phi) is 5.82. The third-order valence-corrected chi connectivity index (χ3v) is 3.80. The van der Waals surface area contributed by atoms with E-state index in [1.807, 2.05) is 0 Å². The molecule has 1 heteroatoms. The van der Waals surface area contributed by atoms with Crippen molar-refractivity contribution in [2.24, 2.45) is 0 Å². The van der Waals surface area contributed by atoms with Crippen molar-refractivity contribution in [1.29, 1.82) is 0 Å². The molecule has 0 unspecified atom stereocenters. The van der Waals surface area contributed by atoms with Gasteiger partial charge in [0.05, 0.1) is 0 Å². The SMILES string of the molecule is CCCC[C@H](N[C@@H](C)c1ccccc1)c1ccccc1. The molecule has 0 spiro atoms. The Hall–Kier alpha value is -1.60.